The molecule has 24 heavy (non-hydrogen) atoms. The van der Waals surface area contributed by atoms with Crippen LogP contribution in [0.25, 0.3) is 0 Å². The van der Waals surface area contributed by atoms with Crippen molar-refractivity contribution in [3.8, 4) is 0 Å². The van der Waals surface area contributed by atoms with Crippen molar-refractivity contribution in [3.63, 3.8) is 0 Å². The minimum absolute atomic E-state index is 0.233. The van der Waals surface area contributed by atoms with Gasteiger partial charge in [-0.25, -0.2) is 4.79 Å². The summed E-state index contributed by atoms with van der Waals surface area (Å²) < 4.78 is 5.50. The molecule has 0 N–H and O–H groups in total. The van der Waals surface area contributed by atoms with Gasteiger partial charge in [0.15, 0.2) is 0 Å². The molecule has 0 spiro atoms. The molecule has 2 atom stereocenters. The second kappa shape index (κ2) is 7.75. The summed E-state index contributed by atoms with van der Waals surface area (Å²) in [5, 5.41) is 0.846. The molecule has 6 heteroatoms. The highest BCUT2D eigenvalue weighted by Crippen LogP contribution is 2.33. The predicted molar refractivity (Wildman–Crippen MR) is 95.8 cm³/mol. The van der Waals surface area contributed by atoms with E-state index in [1.807, 2.05) is 20.8 Å². The summed E-state index contributed by atoms with van der Waals surface area (Å²) in [7, 11) is 0. The van der Waals surface area contributed by atoms with Crippen LogP contribution in [0.4, 0.5) is 4.79 Å². The average molecular weight is 372 g/mol. The van der Waals surface area contributed by atoms with Gasteiger partial charge in [0.1, 0.15) is 11.9 Å². The zero-order valence-corrected chi connectivity index (χ0v) is 15.7. The third-order valence-corrected chi connectivity index (χ3v) is 4.81. The number of aldehydes is 1. The fourth-order valence-electron chi connectivity index (χ4n) is 2.99. The fourth-order valence-corrected chi connectivity index (χ4v) is 3.30. The standard InChI is InChI=1S/C18H23Cl2NO3/c1-18(2,3)24-17(23)21-9-5-4-6-16(21)13(11-22)12-7-8-14(19)15(20)10-12/h7-8,10-11,13,16H,4-6,9H2,1-3H3/t13-,16-/m1/s1. The first kappa shape index (κ1) is 19.1. The minimum atomic E-state index is -0.570. The van der Waals surface area contributed by atoms with E-state index in [0.717, 1.165) is 31.1 Å². The van der Waals surface area contributed by atoms with Crippen molar-refractivity contribution >= 4 is 35.6 Å². The Morgan fingerprint density at radius 3 is 2.58 bits per heavy atom. The SMILES string of the molecule is CC(C)(C)OC(=O)N1CCCC[C@@H]1[C@H](C=O)c1ccc(Cl)c(Cl)c1. The van der Waals surface area contributed by atoms with Gasteiger partial charge in [-0.15, -0.1) is 0 Å². The molecule has 1 fully saturated rings. The molecule has 0 aromatic heterocycles. The van der Waals surface area contributed by atoms with Crippen LogP contribution in [0.1, 0.15) is 51.5 Å². The maximum atomic E-state index is 12.5. The Kier molecular flexibility index (Phi) is 6.16. The van der Waals surface area contributed by atoms with E-state index in [1.165, 1.54) is 0 Å². The van der Waals surface area contributed by atoms with Crippen molar-refractivity contribution in [1.29, 1.82) is 0 Å². The van der Waals surface area contributed by atoms with Crippen molar-refractivity contribution in [2.45, 2.75) is 57.6 Å². The van der Waals surface area contributed by atoms with E-state index in [2.05, 4.69) is 0 Å². The van der Waals surface area contributed by atoms with Gasteiger partial charge < -0.3 is 14.4 Å². The molecule has 0 saturated carbocycles. The van der Waals surface area contributed by atoms with Crippen molar-refractivity contribution in [1.82, 2.24) is 4.90 Å². The summed E-state index contributed by atoms with van der Waals surface area (Å²) >= 11 is 12.0. The molecule has 4 nitrogen and oxygen atoms in total. The van der Waals surface area contributed by atoms with E-state index in [1.54, 1.807) is 23.1 Å². The molecular weight excluding hydrogens is 349 g/mol. The first-order valence-corrected chi connectivity index (χ1v) is 8.88. The predicted octanol–water partition coefficient (Wildman–Crippen LogP) is 5.07. The number of piperidine rings is 1. The van der Waals surface area contributed by atoms with Crippen LogP contribution in [0.15, 0.2) is 18.2 Å². The molecule has 1 saturated heterocycles. The zero-order valence-electron chi connectivity index (χ0n) is 14.2. The maximum Gasteiger partial charge on any atom is 0.410 e. The number of rotatable bonds is 3. The minimum Gasteiger partial charge on any atom is -0.444 e. The fraction of sp³-hybridized carbons (Fsp3) is 0.556. The molecule has 0 bridgehead atoms. The van der Waals surface area contributed by atoms with Gasteiger partial charge in [0.25, 0.3) is 0 Å². The lowest BCUT2D eigenvalue weighted by molar-refractivity contribution is -0.110. The summed E-state index contributed by atoms with van der Waals surface area (Å²) in [4.78, 5) is 26.0. The lowest BCUT2D eigenvalue weighted by Crippen LogP contribution is -2.49. The lowest BCUT2D eigenvalue weighted by atomic mass is 9.86. The molecule has 1 amide bonds. The van der Waals surface area contributed by atoms with Crippen molar-refractivity contribution in [2.24, 2.45) is 0 Å². The van der Waals surface area contributed by atoms with Crippen LogP contribution in [-0.4, -0.2) is 35.5 Å². The highest BCUT2D eigenvalue weighted by Gasteiger charge is 2.36. The van der Waals surface area contributed by atoms with Crippen LogP contribution in [0, 0.1) is 0 Å². The van der Waals surface area contributed by atoms with Crippen LogP contribution in [0.2, 0.25) is 10.0 Å². The number of carbonyl (C=O) groups is 2. The number of amides is 1. The molecule has 1 aromatic rings. The average Bonchev–Trinajstić information content (AvgIpc) is 2.50. The summed E-state index contributed by atoms with van der Waals surface area (Å²) in [6.07, 6.45) is 3.13. The van der Waals surface area contributed by atoms with Gasteiger partial charge in [0, 0.05) is 12.6 Å². The Morgan fingerprint density at radius 2 is 2.00 bits per heavy atom. The number of likely N-dealkylation sites (tertiary alicyclic amines) is 1. The van der Waals surface area contributed by atoms with E-state index < -0.39 is 11.5 Å². The Hall–Kier alpha value is -1.26. The van der Waals surface area contributed by atoms with Gasteiger partial charge in [0.2, 0.25) is 0 Å². The Morgan fingerprint density at radius 1 is 1.29 bits per heavy atom. The van der Waals surface area contributed by atoms with Crippen LogP contribution >= 0.6 is 23.2 Å². The number of ether oxygens (including phenoxy) is 1. The van der Waals surface area contributed by atoms with Crippen molar-refractivity contribution in [3.05, 3.63) is 33.8 Å². The quantitative estimate of drug-likeness (QED) is 0.697. The van der Waals surface area contributed by atoms with Crippen molar-refractivity contribution < 1.29 is 14.3 Å². The number of hydrogen-bond donors (Lipinski definition) is 0. The van der Waals surface area contributed by atoms with Crippen LogP contribution in [-0.2, 0) is 9.53 Å². The van der Waals surface area contributed by atoms with E-state index >= 15 is 0 Å². The topological polar surface area (TPSA) is 46.6 Å². The normalized spacial score (nSPS) is 19.7. The first-order valence-electron chi connectivity index (χ1n) is 8.13. The molecule has 1 heterocycles. The number of carbonyl (C=O) groups excluding carboxylic acids is 2. The Labute approximate surface area is 153 Å². The second-order valence-electron chi connectivity index (χ2n) is 7.07. The molecule has 1 aliphatic rings. The molecule has 132 valence electrons. The van der Waals surface area contributed by atoms with Gasteiger partial charge >= 0.3 is 6.09 Å². The molecular formula is C18H23Cl2NO3. The summed E-state index contributed by atoms with van der Waals surface area (Å²) in [5.41, 5.74) is 0.194. The number of benzene rings is 1. The molecule has 1 aliphatic heterocycles. The van der Waals surface area contributed by atoms with Crippen LogP contribution in [0.5, 0.6) is 0 Å². The zero-order chi connectivity index (χ0) is 17.9. The molecule has 0 radical (unpaired) electrons. The van der Waals surface area contributed by atoms with Gasteiger partial charge in [0.05, 0.1) is 16.0 Å². The number of nitrogens with zero attached hydrogens (tertiary/aromatic N) is 1. The summed E-state index contributed by atoms with van der Waals surface area (Å²) in [6, 6.07) is 4.93. The lowest BCUT2D eigenvalue weighted by Gasteiger charge is -2.39. The van der Waals surface area contributed by atoms with Gasteiger partial charge in [-0.1, -0.05) is 29.3 Å². The Balaban J connectivity index is 2.28. The largest absolute Gasteiger partial charge is 0.444 e. The maximum absolute atomic E-state index is 12.5. The van der Waals surface area contributed by atoms with E-state index in [-0.39, 0.29) is 12.1 Å². The van der Waals surface area contributed by atoms with Crippen LogP contribution in [0.3, 0.4) is 0 Å². The third kappa shape index (κ3) is 4.64. The van der Waals surface area contributed by atoms with Crippen LogP contribution < -0.4 is 0 Å². The van der Waals surface area contributed by atoms with E-state index in [4.69, 9.17) is 27.9 Å². The molecule has 0 aliphatic carbocycles. The number of hydrogen-bond acceptors (Lipinski definition) is 3. The van der Waals surface area contributed by atoms with E-state index in [0.29, 0.717) is 16.6 Å². The summed E-state index contributed by atoms with van der Waals surface area (Å²) in [6.45, 7) is 6.09. The van der Waals surface area contributed by atoms with Crippen molar-refractivity contribution in [2.75, 3.05) is 6.54 Å². The molecule has 0 unspecified atom stereocenters. The Bertz CT molecular complexity index is 613. The molecule has 2 rings (SSSR count). The highest BCUT2D eigenvalue weighted by atomic mass is 35.5. The molecule has 1 aromatic carbocycles. The first-order chi connectivity index (χ1) is 11.2. The van der Waals surface area contributed by atoms with Gasteiger partial charge in [-0.05, 0) is 57.7 Å². The summed E-state index contributed by atoms with van der Waals surface area (Å²) in [5.74, 6) is -0.451. The monoisotopic (exact) mass is 371 g/mol. The van der Waals surface area contributed by atoms with E-state index in [9.17, 15) is 9.59 Å². The number of halogens is 2. The van der Waals surface area contributed by atoms with Gasteiger partial charge in [-0.3, -0.25) is 0 Å². The third-order valence-electron chi connectivity index (χ3n) is 4.07. The highest BCUT2D eigenvalue weighted by molar-refractivity contribution is 6.42. The smallest absolute Gasteiger partial charge is 0.410 e. The second-order valence-corrected chi connectivity index (χ2v) is 7.89. The van der Waals surface area contributed by atoms with Gasteiger partial charge in [-0.2, -0.15) is 0 Å².